The maximum Gasteiger partial charge on any atom is 0.0727 e. The molecule has 0 bridgehead atoms. The van der Waals surface area contributed by atoms with Crippen LogP contribution in [0.1, 0.15) is 0 Å². The third-order valence-electron chi connectivity index (χ3n) is 11.7. The predicted octanol–water partition coefficient (Wildman–Crippen LogP) is 16.0. The zero-order chi connectivity index (χ0) is 37.2. The monoisotopic (exact) mass is 778 g/mol. The third-order valence-corrected chi connectivity index (χ3v) is 15.5. The highest BCUT2D eigenvalue weighted by atomic mass is 32.1. The molecular weight excluding hydrogens is 749 g/mol. The molecule has 0 aliphatic rings. The summed E-state index contributed by atoms with van der Waals surface area (Å²) in [6.07, 6.45) is 0. The summed E-state index contributed by atoms with van der Waals surface area (Å²) in [7, 11) is 0. The van der Waals surface area contributed by atoms with E-state index < -0.39 is 0 Å². The minimum atomic E-state index is 1.19. The van der Waals surface area contributed by atoms with Gasteiger partial charge in [0.05, 0.1) is 31.5 Å². The molecule has 0 saturated heterocycles. The Bertz CT molecular complexity index is 3500. The largest absolute Gasteiger partial charge is 0.308 e. The van der Waals surface area contributed by atoms with Crippen LogP contribution in [0.15, 0.2) is 182 Å². The summed E-state index contributed by atoms with van der Waals surface area (Å²) in [4.78, 5) is 0. The SMILES string of the molecule is c1ccc(-n2c3ccccc3c3sc4c(-c5cccc6c5sc5c(-c7cccc8c7sc7c9ccccc9n(-c9ccccc9)c87)cccc56)cccc4c32)cc1. The van der Waals surface area contributed by atoms with E-state index >= 15 is 0 Å². The quantitative estimate of drug-likeness (QED) is 0.168. The lowest BCUT2D eigenvalue weighted by Gasteiger charge is -2.09. The third kappa shape index (κ3) is 4.39. The molecule has 0 N–H and O–H groups in total. The topological polar surface area (TPSA) is 9.86 Å². The van der Waals surface area contributed by atoms with Crippen LogP contribution in [-0.4, -0.2) is 9.13 Å². The van der Waals surface area contributed by atoms with Crippen LogP contribution in [0, 0.1) is 0 Å². The van der Waals surface area contributed by atoms with Crippen LogP contribution in [0.25, 0.3) is 116 Å². The van der Waals surface area contributed by atoms with Gasteiger partial charge >= 0.3 is 0 Å². The summed E-state index contributed by atoms with van der Waals surface area (Å²) in [5, 5.41) is 7.84. The molecule has 0 saturated carbocycles. The second-order valence-corrected chi connectivity index (χ2v) is 17.8. The van der Waals surface area contributed by atoms with Crippen molar-refractivity contribution < 1.29 is 0 Å². The molecule has 0 amide bonds. The molecule has 57 heavy (non-hydrogen) atoms. The van der Waals surface area contributed by atoms with Crippen LogP contribution in [0.2, 0.25) is 0 Å². The molecule has 0 spiro atoms. The fourth-order valence-electron chi connectivity index (χ4n) is 9.34. The smallest absolute Gasteiger partial charge is 0.0727 e. The minimum Gasteiger partial charge on any atom is -0.308 e. The number of nitrogens with zero attached hydrogens (tertiary/aromatic N) is 2. The van der Waals surface area contributed by atoms with Crippen LogP contribution < -0.4 is 0 Å². The molecule has 0 aliphatic heterocycles. The number of benzene rings is 8. The Morgan fingerprint density at radius 3 is 0.982 bits per heavy atom. The maximum absolute atomic E-state index is 2.46. The van der Waals surface area contributed by atoms with Crippen LogP contribution in [-0.2, 0) is 0 Å². The van der Waals surface area contributed by atoms with E-state index in [9.17, 15) is 0 Å². The van der Waals surface area contributed by atoms with E-state index in [-0.39, 0.29) is 0 Å². The zero-order valence-corrected chi connectivity index (χ0v) is 32.9. The molecule has 13 aromatic rings. The minimum absolute atomic E-state index is 1.19. The van der Waals surface area contributed by atoms with Crippen LogP contribution in [0.4, 0.5) is 0 Å². The Morgan fingerprint density at radius 1 is 0.246 bits per heavy atom. The van der Waals surface area contributed by atoms with Crippen molar-refractivity contribution in [3.05, 3.63) is 182 Å². The van der Waals surface area contributed by atoms with Gasteiger partial charge in [-0.2, -0.15) is 0 Å². The van der Waals surface area contributed by atoms with Crippen molar-refractivity contribution in [2.24, 2.45) is 0 Å². The fourth-order valence-corrected chi connectivity index (χ4v) is 13.4. The summed E-state index contributed by atoms with van der Waals surface area (Å²) < 4.78 is 12.9. The van der Waals surface area contributed by atoms with Gasteiger partial charge in [0.2, 0.25) is 0 Å². The Kier molecular flexibility index (Phi) is 6.67. The number of fused-ring (bicyclic) bond motifs is 13. The fraction of sp³-hybridized carbons (Fsp3) is 0. The number of rotatable bonds is 4. The first-order chi connectivity index (χ1) is 28.3. The molecular formula is C52H30N2S3. The van der Waals surface area contributed by atoms with E-state index in [1.807, 2.05) is 34.0 Å². The first-order valence-corrected chi connectivity index (χ1v) is 21.7. The van der Waals surface area contributed by atoms with Crippen molar-refractivity contribution in [2.45, 2.75) is 0 Å². The van der Waals surface area contributed by atoms with E-state index in [1.165, 1.54) is 116 Å². The van der Waals surface area contributed by atoms with Crippen molar-refractivity contribution in [3.63, 3.8) is 0 Å². The van der Waals surface area contributed by atoms with Gasteiger partial charge in [-0.15, -0.1) is 34.0 Å². The van der Waals surface area contributed by atoms with Crippen molar-refractivity contribution in [2.75, 3.05) is 0 Å². The van der Waals surface area contributed by atoms with E-state index in [4.69, 9.17) is 0 Å². The Balaban J connectivity index is 1.05. The van der Waals surface area contributed by atoms with Gasteiger partial charge in [-0.05, 0) is 36.4 Å². The highest BCUT2D eigenvalue weighted by Gasteiger charge is 2.23. The number of hydrogen-bond donors (Lipinski definition) is 0. The van der Waals surface area contributed by atoms with E-state index in [1.54, 1.807) is 0 Å². The molecule has 5 heterocycles. The Morgan fingerprint density at radius 2 is 0.561 bits per heavy atom. The highest BCUT2D eigenvalue weighted by molar-refractivity contribution is 7.29. The first-order valence-electron chi connectivity index (χ1n) is 19.3. The number of thiophene rings is 3. The summed E-state index contributed by atoms with van der Waals surface area (Å²) in [6.45, 7) is 0. The van der Waals surface area contributed by atoms with Gasteiger partial charge in [-0.25, -0.2) is 0 Å². The van der Waals surface area contributed by atoms with Crippen LogP contribution >= 0.6 is 34.0 Å². The Labute approximate surface area is 339 Å². The van der Waals surface area contributed by atoms with Gasteiger partial charge in [0.1, 0.15) is 0 Å². The van der Waals surface area contributed by atoms with E-state index in [2.05, 4.69) is 191 Å². The lowest BCUT2D eigenvalue weighted by atomic mass is 9.99. The summed E-state index contributed by atoms with van der Waals surface area (Å²) in [5.74, 6) is 0. The first kappa shape index (κ1) is 31.7. The molecule has 5 aromatic heterocycles. The summed E-state index contributed by atoms with van der Waals surface area (Å²) in [6, 6.07) is 66.9. The van der Waals surface area contributed by atoms with Crippen molar-refractivity contribution in [1.29, 1.82) is 0 Å². The van der Waals surface area contributed by atoms with Crippen molar-refractivity contribution >= 4 is 117 Å². The molecule has 13 rings (SSSR count). The molecule has 0 aliphatic carbocycles. The van der Waals surface area contributed by atoms with Gasteiger partial charge < -0.3 is 9.13 Å². The second-order valence-electron chi connectivity index (χ2n) is 14.8. The molecule has 0 radical (unpaired) electrons. The van der Waals surface area contributed by atoms with Crippen molar-refractivity contribution in [3.8, 4) is 33.6 Å². The van der Waals surface area contributed by atoms with Gasteiger partial charge in [0.15, 0.2) is 0 Å². The van der Waals surface area contributed by atoms with Crippen LogP contribution in [0.5, 0.6) is 0 Å². The molecule has 266 valence electrons. The van der Waals surface area contributed by atoms with Gasteiger partial charge in [-0.3, -0.25) is 0 Å². The summed E-state index contributed by atoms with van der Waals surface area (Å²) >= 11 is 5.81. The number of aromatic nitrogens is 2. The standard InChI is InChI=1S/C52H30N2S3/c1-3-15-31(16-4-1)53-43-29-9-7-19-39(43)51-45(53)41-27-13-25-37(49(41)56-51)35-23-11-21-33-34-22-12-24-36(48(34)55-47(33)35)38-26-14-28-42-46-52(57-50(38)42)40-20-8-10-30-44(40)54(46)32-17-5-2-6-18-32/h1-30H. The van der Waals surface area contributed by atoms with Crippen molar-refractivity contribution in [1.82, 2.24) is 9.13 Å². The van der Waals surface area contributed by atoms with Crippen LogP contribution in [0.3, 0.4) is 0 Å². The predicted molar refractivity (Wildman–Crippen MR) is 250 cm³/mol. The van der Waals surface area contributed by atoms with Gasteiger partial charge in [0.25, 0.3) is 0 Å². The van der Waals surface area contributed by atoms with Gasteiger partial charge in [0, 0.05) is 84.7 Å². The average molecular weight is 779 g/mol. The average Bonchev–Trinajstić information content (AvgIpc) is 4.08. The molecule has 5 heteroatoms. The Hall–Kier alpha value is -6.50. The molecule has 2 nitrogen and oxygen atoms in total. The lowest BCUT2D eigenvalue weighted by molar-refractivity contribution is 1.19. The second kappa shape index (κ2) is 12.0. The normalized spacial score (nSPS) is 12.2. The summed E-state index contributed by atoms with van der Waals surface area (Å²) in [5.41, 5.74) is 12.7. The molecule has 8 aromatic carbocycles. The number of hydrogen-bond acceptors (Lipinski definition) is 3. The highest BCUT2D eigenvalue weighted by Crippen LogP contribution is 2.51. The molecule has 0 atom stereocenters. The zero-order valence-electron chi connectivity index (χ0n) is 30.4. The molecule has 0 unspecified atom stereocenters. The van der Waals surface area contributed by atoms with Gasteiger partial charge in [-0.1, -0.05) is 146 Å². The van der Waals surface area contributed by atoms with E-state index in [0.717, 1.165) is 0 Å². The van der Waals surface area contributed by atoms with E-state index in [0.29, 0.717) is 0 Å². The number of para-hydroxylation sites is 4. The lowest BCUT2D eigenvalue weighted by Crippen LogP contribution is -1.92. The maximum atomic E-state index is 2.46. The molecule has 0 fully saturated rings.